The molecule has 0 aliphatic carbocycles. The minimum absolute atomic E-state index is 0.0123. The van der Waals surface area contributed by atoms with E-state index in [1.54, 1.807) is 0 Å². The molecule has 2 heterocycles. The van der Waals surface area contributed by atoms with Gasteiger partial charge in [-0.3, -0.25) is 4.98 Å². The van der Waals surface area contributed by atoms with Crippen LogP contribution in [0.4, 0.5) is 0 Å². The second-order valence-electron chi connectivity index (χ2n) is 4.28. The first-order valence-electron chi connectivity index (χ1n) is 5.71. The molecule has 2 unspecified atom stereocenters. The van der Waals surface area contributed by atoms with E-state index in [4.69, 9.17) is 16.3 Å². The standard InChI is InChI=1S/C11H15ClN2O3S/c1-8-9(3-5-17-8)6-14-18(15,16)11-7-13-4-2-10(11)12/h2,4,7-9,14H,3,5-6H2,1H3. The number of nitrogens with zero attached hydrogens (tertiary/aromatic N) is 1. The largest absolute Gasteiger partial charge is 0.378 e. The van der Waals surface area contributed by atoms with Gasteiger partial charge in [-0.1, -0.05) is 11.6 Å². The lowest BCUT2D eigenvalue weighted by Crippen LogP contribution is -2.32. The predicted molar refractivity (Wildman–Crippen MR) is 68.0 cm³/mol. The van der Waals surface area contributed by atoms with E-state index in [1.165, 1.54) is 18.5 Å². The molecule has 1 saturated heterocycles. The molecule has 0 aromatic carbocycles. The van der Waals surface area contributed by atoms with Crippen molar-refractivity contribution in [2.75, 3.05) is 13.2 Å². The topological polar surface area (TPSA) is 68.3 Å². The molecule has 100 valence electrons. The highest BCUT2D eigenvalue weighted by molar-refractivity contribution is 7.89. The van der Waals surface area contributed by atoms with Crippen LogP contribution in [0, 0.1) is 5.92 Å². The third kappa shape index (κ3) is 3.00. The second-order valence-corrected chi connectivity index (χ2v) is 6.43. The van der Waals surface area contributed by atoms with Crippen LogP contribution in [0.25, 0.3) is 0 Å². The van der Waals surface area contributed by atoms with Gasteiger partial charge in [0.25, 0.3) is 0 Å². The predicted octanol–water partition coefficient (Wildman–Crippen LogP) is 1.44. The van der Waals surface area contributed by atoms with Crippen molar-refractivity contribution in [1.82, 2.24) is 9.71 Å². The Hall–Kier alpha value is -0.690. The fourth-order valence-corrected chi connectivity index (χ4v) is 3.42. The number of pyridine rings is 1. The minimum atomic E-state index is -3.60. The van der Waals surface area contributed by atoms with E-state index < -0.39 is 10.0 Å². The number of aromatic nitrogens is 1. The summed E-state index contributed by atoms with van der Waals surface area (Å²) in [4.78, 5) is 3.79. The highest BCUT2D eigenvalue weighted by Crippen LogP contribution is 2.22. The van der Waals surface area contributed by atoms with E-state index in [-0.39, 0.29) is 21.9 Å². The lowest BCUT2D eigenvalue weighted by atomic mass is 10.0. The Morgan fingerprint density at radius 2 is 2.39 bits per heavy atom. The lowest BCUT2D eigenvalue weighted by molar-refractivity contribution is 0.107. The molecular weight excluding hydrogens is 276 g/mol. The van der Waals surface area contributed by atoms with E-state index in [0.717, 1.165) is 6.42 Å². The molecule has 2 rings (SSSR count). The van der Waals surface area contributed by atoms with Crippen molar-refractivity contribution in [1.29, 1.82) is 0 Å². The maximum absolute atomic E-state index is 12.0. The number of rotatable bonds is 4. The maximum Gasteiger partial charge on any atom is 0.243 e. The summed E-state index contributed by atoms with van der Waals surface area (Å²) >= 11 is 5.85. The van der Waals surface area contributed by atoms with E-state index in [2.05, 4.69) is 9.71 Å². The van der Waals surface area contributed by atoms with Crippen LogP contribution in [0.3, 0.4) is 0 Å². The van der Waals surface area contributed by atoms with Gasteiger partial charge in [-0.15, -0.1) is 0 Å². The first kappa shape index (κ1) is 13.7. The monoisotopic (exact) mass is 290 g/mol. The smallest absolute Gasteiger partial charge is 0.243 e. The second kappa shape index (κ2) is 5.52. The van der Waals surface area contributed by atoms with Gasteiger partial charge in [0.15, 0.2) is 0 Å². The van der Waals surface area contributed by atoms with E-state index in [0.29, 0.717) is 13.2 Å². The van der Waals surface area contributed by atoms with Crippen molar-refractivity contribution in [3.05, 3.63) is 23.5 Å². The lowest BCUT2D eigenvalue weighted by Gasteiger charge is -2.15. The van der Waals surface area contributed by atoms with Crippen LogP contribution in [0.5, 0.6) is 0 Å². The van der Waals surface area contributed by atoms with Gasteiger partial charge < -0.3 is 4.74 Å². The first-order chi connectivity index (χ1) is 8.50. The van der Waals surface area contributed by atoms with Crippen molar-refractivity contribution in [2.24, 2.45) is 5.92 Å². The molecule has 1 aliphatic rings. The van der Waals surface area contributed by atoms with Crippen molar-refractivity contribution in [3.63, 3.8) is 0 Å². The third-order valence-electron chi connectivity index (χ3n) is 3.09. The van der Waals surface area contributed by atoms with Gasteiger partial charge in [0.05, 0.1) is 11.1 Å². The van der Waals surface area contributed by atoms with Gasteiger partial charge in [-0.2, -0.15) is 0 Å². The maximum atomic E-state index is 12.0. The fourth-order valence-electron chi connectivity index (χ4n) is 1.90. The molecule has 1 aromatic rings. The Morgan fingerprint density at radius 3 is 3.00 bits per heavy atom. The summed E-state index contributed by atoms with van der Waals surface area (Å²) < 4.78 is 32.0. The van der Waals surface area contributed by atoms with Gasteiger partial charge in [0.1, 0.15) is 4.90 Å². The van der Waals surface area contributed by atoms with Crippen molar-refractivity contribution >= 4 is 21.6 Å². The molecule has 5 nitrogen and oxygen atoms in total. The summed E-state index contributed by atoms with van der Waals surface area (Å²) in [7, 11) is -3.60. The summed E-state index contributed by atoms with van der Waals surface area (Å²) in [6.07, 6.45) is 3.65. The van der Waals surface area contributed by atoms with Crippen molar-refractivity contribution in [2.45, 2.75) is 24.3 Å². The van der Waals surface area contributed by atoms with Gasteiger partial charge in [0.2, 0.25) is 10.0 Å². The van der Waals surface area contributed by atoms with Gasteiger partial charge >= 0.3 is 0 Å². The minimum Gasteiger partial charge on any atom is -0.378 e. The summed E-state index contributed by atoms with van der Waals surface area (Å²) in [5.41, 5.74) is 0. The van der Waals surface area contributed by atoms with Crippen LogP contribution in [0.1, 0.15) is 13.3 Å². The molecule has 0 amide bonds. The van der Waals surface area contributed by atoms with Gasteiger partial charge in [0, 0.05) is 31.5 Å². The molecule has 2 atom stereocenters. The Kier molecular flexibility index (Phi) is 4.21. The molecule has 1 N–H and O–H groups in total. The first-order valence-corrected chi connectivity index (χ1v) is 7.57. The fraction of sp³-hybridized carbons (Fsp3) is 0.545. The van der Waals surface area contributed by atoms with E-state index in [1.807, 2.05) is 6.92 Å². The van der Waals surface area contributed by atoms with Crippen LogP contribution < -0.4 is 4.72 Å². The van der Waals surface area contributed by atoms with Gasteiger partial charge in [-0.05, 0) is 19.4 Å². The van der Waals surface area contributed by atoms with E-state index in [9.17, 15) is 8.42 Å². The van der Waals surface area contributed by atoms with Crippen LogP contribution in [0.15, 0.2) is 23.4 Å². The zero-order chi connectivity index (χ0) is 13.2. The summed E-state index contributed by atoms with van der Waals surface area (Å²) in [5, 5.41) is 0.174. The number of hydrogen-bond donors (Lipinski definition) is 1. The highest BCUT2D eigenvalue weighted by Gasteiger charge is 2.26. The highest BCUT2D eigenvalue weighted by atomic mass is 35.5. The SMILES string of the molecule is CC1OCCC1CNS(=O)(=O)c1cnccc1Cl. The van der Waals surface area contributed by atoms with Crippen LogP contribution in [0.2, 0.25) is 5.02 Å². The Labute approximate surface area is 112 Å². The quantitative estimate of drug-likeness (QED) is 0.911. The molecule has 1 aliphatic heterocycles. The molecule has 0 spiro atoms. The molecule has 18 heavy (non-hydrogen) atoms. The molecule has 0 saturated carbocycles. The Balaban J connectivity index is 2.06. The van der Waals surface area contributed by atoms with E-state index >= 15 is 0 Å². The Bertz CT molecular complexity index is 521. The summed E-state index contributed by atoms with van der Waals surface area (Å²) in [6, 6.07) is 1.46. The summed E-state index contributed by atoms with van der Waals surface area (Å²) in [5.74, 6) is 0.204. The number of hydrogen-bond acceptors (Lipinski definition) is 4. The zero-order valence-electron chi connectivity index (χ0n) is 9.97. The molecule has 1 fully saturated rings. The van der Waals surface area contributed by atoms with Crippen LogP contribution in [-0.2, 0) is 14.8 Å². The normalized spacial score (nSPS) is 24.3. The van der Waals surface area contributed by atoms with Gasteiger partial charge in [-0.25, -0.2) is 13.1 Å². The Morgan fingerprint density at radius 1 is 1.61 bits per heavy atom. The molecule has 0 radical (unpaired) electrons. The molecule has 1 aromatic heterocycles. The van der Waals surface area contributed by atoms with Crippen LogP contribution in [-0.4, -0.2) is 32.7 Å². The number of halogens is 1. The molecule has 0 bridgehead atoms. The third-order valence-corrected chi connectivity index (χ3v) is 4.99. The van der Waals surface area contributed by atoms with Crippen molar-refractivity contribution in [3.8, 4) is 0 Å². The number of sulfonamides is 1. The molecule has 7 heteroatoms. The number of nitrogens with one attached hydrogen (secondary N) is 1. The summed E-state index contributed by atoms with van der Waals surface area (Å²) in [6.45, 7) is 2.99. The zero-order valence-corrected chi connectivity index (χ0v) is 11.5. The molecular formula is C11H15ClN2O3S. The van der Waals surface area contributed by atoms with Crippen LogP contribution >= 0.6 is 11.6 Å². The average molecular weight is 291 g/mol. The van der Waals surface area contributed by atoms with Crippen molar-refractivity contribution < 1.29 is 13.2 Å². The average Bonchev–Trinajstić information content (AvgIpc) is 2.73. The number of ether oxygens (including phenoxy) is 1.